The molecular formula is C17H13ClFN3O3. The lowest BCUT2D eigenvalue weighted by Gasteiger charge is -2.05. The standard InChI is InChI=1S/C17H13ClFN3O3/c18-11-5-7-12(8-6-11)24-10-15(23)20-9-16-21-17(22-25-16)13-3-1-2-4-14(13)19/h1-8H,9-10H2,(H,20,23). The molecule has 2 aromatic carbocycles. The van der Waals surface area contributed by atoms with Crippen molar-refractivity contribution in [2.75, 3.05) is 6.61 Å². The number of halogens is 2. The number of nitrogens with one attached hydrogen (secondary N) is 1. The first-order valence-electron chi connectivity index (χ1n) is 7.34. The van der Waals surface area contributed by atoms with E-state index in [1.54, 1.807) is 42.5 Å². The second-order valence-corrected chi connectivity index (χ2v) is 5.45. The maximum atomic E-state index is 13.7. The average molecular weight is 362 g/mol. The van der Waals surface area contributed by atoms with Gasteiger partial charge in [0.2, 0.25) is 11.7 Å². The topological polar surface area (TPSA) is 77.2 Å². The number of amides is 1. The van der Waals surface area contributed by atoms with Gasteiger partial charge in [-0.25, -0.2) is 4.39 Å². The number of aromatic nitrogens is 2. The van der Waals surface area contributed by atoms with Crippen LogP contribution in [0.3, 0.4) is 0 Å². The number of rotatable bonds is 6. The van der Waals surface area contributed by atoms with Gasteiger partial charge in [0.05, 0.1) is 12.1 Å². The van der Waals surface area contributed by atoms with E-state index in [-0.39, 0.29) is 36.3 Å². The minimum absolute atomic E-state index is 0.0181. The van der Waals surface area contributed by atoms with E-state index in [1.165, 1.54) is 6.07 Å². The van der Waals surface area contributed by atoms with Gasteiger partial charge in [-0.1, -0.05) is 28.9 Å². The highest BCUT2D eigenvalue weighted by molar-refractivity contribution is 6.30. The third kappa shape index (κ3) is 4.54. The lowest BCUT2D eigenvalue weighted by Crippen LogP contribution is -2.28. The van der Waals surface area contributed by atoms with E-state index in [1.807, 2.05) is 0 Å². The first kappa shape index (κ1) is 16.9. The first-order valence-corrected chi connectivity index (χ1v) is 7.72. The van der Waals surface area contributed by atoms with Gasteiger partial charge in [-0.15, -0.1) is 0 Å². The molecule has 0 aliphatic heterocycles. The number of hydrogen-bond donors (Lipinski definition) is 1. The van der Waals surface area contributed by atoms with Gasteiger partial charge in [-0.2, -0.15) is 4.98 Å². The first-order chi connectivity index (χ1) is 12.1. The van der Waals surface area contributed by atoms with Crippen LogP contribution < -0.4 is 10.1 Å². The molecule has 0 saturated carbocycles. The molecule has 8 heteroatoms. The van der Waals surface area contributed by atoms with Crippen molar-refractivity contribution in [1.29, 1.82) is 0 Å². The van der Waals surface area contributed by atoms with Gasteiger partial charge in [-0.3, -0.25) is 4.79 Å². The fraction of sp³-hybridized carbons (Fsp3) is 0.118. The Morgan fingerprint density at radius 3 is 2.72 bits per heavy atom. The molecule has 25 heavy (non-hydrogen) atoms. The Morgan fingerprint density at radius 1 is 1.20 bits per heavy atom. The van der Waals surface area contributed by atoms with E-state index >= 15 is 0 Å². The van der Waals surface area contributed by atoms with Crippen LogP contribution in [0.5, 0.6) is 5.75 Å². The van der Waals surface area contributed by atoms with Crippen LogP contribution in [0, 0.1) is 5.82 Å². The minimum atomic E-state index is -0.449. The monoisotopic (exact) mass is 361 g/mol. The fourth-order valence-electron chi connectivity index (χ4n) is 1.98. The summed E-state index contributed by atoms with van der Waals surface area (Å²) in [5, 5.41) is 6.87. The molecular weight excluding hydrogens is 349 g/mol. The smallest absolute Gasteiger partial charge is 0.258 e. The van der Waals surface area contributed by atoms with Crippen LogP contribution in [-0.2, 0) is 11.3 Å². The summed E-state index contributed by atoms with van der Waals surface area (Å²) in [6.45, 7) is -0.153. The summed E-state index contributed by atoms with van der Waals surface area (Å²) in [6.07, 6.45) is 0. The highest BCUT2D eigenvalue weighted by atomic mass is 35.5. The molecule has 0 atom stereocenters. The molecule has 0 aliphatic carbocycles. The molecule has 0 unspecified atom stereocenters. The summed E-state index contributed by atoms with van der Waals surface area (Å²) >= 11 is 5.77. The molecule has 1 amide bonds. The Balaban J connectivity index is 1.51. The van der Waals surface area contributed by atoms with E-state index in [2.05, 4.69) is 15.5 Å². The van der Waals surface area contributed by atoms with Gasteiger partial charge < -0.3 is 14.6 Å². The number of benzene rings is 2. The predicted molar refractivity (Wildman–Crippen MR) is 88.5 cm³/mol. The molecule has 0 bridgehead atoms. The van der Waals surface area contributed by atoms with Crippen molar-refractivity contribution in [2.24, 2.45) is 0 Å². The number of carbonyl (C=O) groups is 1. The van der Waals surface area contributed by atoms with Crippen LogP contribution in [0.1, 0.15) is 5.89 Å². The van der Waals surface area contributed by atoms with Crippen LogP contribution in [0.25, 0.3) is 11.4 Å². The zero-order chi connectivity index (χ0) is 17.6. The third-order valence-electron chi connectivity index (χ3n) is 3.20. The fourth-order valence-corrected chi connectivity index (χ4v) is 2.11. The normalized spacial score (nSPS) is 10.5. The van der Waals surface area contributed by atoms with E-state index in [0.29, 0.717) is 10.8 Å². The Kier molecular flexibility index (Phi) is 5.25. The minimum Gasteiger partial charge on any atom is -0.484 e. The molecule has 6 nitrogen and oxygen atoms in total. The van der Waals surface area contributed by atoms with Crippen molar-refractivity contribution >= 4 is 17.5 Å². The number of ether oxygens (including phenoxy) is 1. The highest BCUT2D eigenvalue weighted by Crippen LogP contribution is 2.19. The van der Waals surface area contributed by atoms with E-state index in [0.717, 1.165) is 0 Å². The van der Waals surface area contributed by atoms with Crippen molar-refractivity contribution in [3.63, 3.8) is 0 Å². The Hall–Kier alpha value is -2.93. The lowest BCUT2D eigenvalue weighted by molar-refractivity contribution is -0.123. The Morgan fingerprint density at radius 2 is 1.96 bits per heavy atom. The van der Waals surface area contributed by atoms with Gasteiger partial charge in [0.15, 0.2) is 6.61 Å². The maximum absolute atomic E-state index is 13.7. The SMILES string of the molecule is O=C(COc1ccc(Cl)cc1)NCc1nc(-c2ccccc2F)no1. The number of hydrogen-bond acceptors (Lipinski definition) is 5. The average Bonchev–Trinajstić information content (AvgIpc) is 3.08. The molecule has 128 valence electrons. The molecule has 1 N–H and O–H groups in total. The molecule has 0 fully saturated rings. The number of nitrogens with zero attached hydrogens (tertiary/aromatic N) is 2. The number of carbonyl (C=O) groups excluding carboxylic acids is 1. The summed E-state index contributed by atoms with van der Waals surface area (Å²) < 4.78 is 24.0. The van der Waals surface area contributed by atoms with Crippen LogP contribution in [0.15, 0.2) is 53.1 Å². The summed E-state index contributed by atoms with van der Waals surface area (Å²) in [4.78, 5) is 15.8. The molecule has 3 aromatic rings. The molecule has 0 radical (unpaired) electrons. The Bertz CT molecular complexity index is 868. The quantitative estimate of drug-likeness (QED) is 0.729. The van der Waals surface area contributed by atoms with Gasteiger partial charge in [0.25, 0.3) is 5.91 Å². The zero-order valence-electron chi connectivity index (χ0n) is 12.9. The second kappa shape index (κ2) is 7.76. The largest absolute Gasteiger partial charge is 0.484 e. The van der Waals surface area contributed by atoms with Crippen molar-refractivity contribution in [3.8, 4) is 17.1 Å². The summed E-state index contributed by atoms with van der Waals surface area (Å²) in [5.41, 5.74) is 0.231. The molecule has 0 aliphatic rings. The Labute approximate surface area is 147 Å². The molecule has 0 spiro atoms. The zero-order valence-corrected chi connectivity index (χ0v) is 13.7. The van der Waals surface area contributed by atoms with Gasteiger partial charge >= 0.3 is 0 Å². The van der Waals surface area contributed by atoms with Crippen LogP contribution in [0.2, 0.25) is 5.02 Å². The van der Waals surface area contributed by atoms with Gasteiger partial charge in [0.1, 0.15) is 11.6 Å². The van der Waals surface area contributed by atoms with Crippen molar-refractivity contribution in [1.82, 2.24) is 15.5 Å². The summed E-state index contributed by atoms with van der Waals surface area (Å²) in [7, 11) is 0. The van der Waals surface area contributed by atoms with Crippen LogP contribution in [-0.4, -0.2) is 22.7 Å². The second-order valence-electron chi connectivity index (χ2n) is 5.01. The molecule has 1 aromatic heterocycles. The van der Waals surface area contributed by atoms with E-state index in [9.17, 15) is 9.18 Å². The van der Waals surface area contributed by atoms with E-state index < -0.39 is 5.82 Å². The van der Waals surface area contributed by atoms with Crippen molar-refractivity contribution < 1.29 is 18.4 Å². The lowest BCUT2D eigenvalue weighted by atomic mass is 10.2. The van der Waals surface area contributed by atoms with Crippen molar-refractivity contribution in [3.05, 3.63) is 65.3 Å². The molecule has 1 heterocycles. The van der Waals surface area contributed by atoms with E-state index in [4.69, 9.17) is 20.9 Å². The molecule has 3 rings (SSSR count). The van der Waals surface area contributed by atoms with Crippen LogP contribution >= 0.6 is 11.6 Å². The van der Waals surface area contributed by atoms with Crippen LogP contribution in [0.4, 0.5) is 4.39 Å². The summed E-state index contributed by atoms with van der Waals surface area (Å²) in [6, 6.07) is 12.7. The maximum Gasteiger partial charge on any atom is 0.258 e. The van der Waals surface area contributed by atoms with Gasteiger partial charge in [-0.05, 0) is 36.4 Å². The highest BCUT2D eigenvalue weighted by Gasteiger charge is 2.13. The van der Waals surface area contributed by atoms with Gasteiger partial charge in [0, 0.05) is 5.02 Å². The van der Waals surface area contributed by atoms with Crippen molar-refractivity contribution in [2.45, 2.75) is 6.54 Å². The third-order valence-corrected chi connectivity index (χ3v) is 3.46. The predicted octanol–water partition coefficient (Wildman–Crippen LogP) is 3.22. The molecule has 0 saturated heterocycles. The summed E-state index contributed by atoms with van der Waals surface area (Å²) in [5.74, 6) is 0.00730.